The number of aromatic nitrogens is 1. The second-order valence-corrected chi connectivity index (χ2v) is 8.19. The summed E-state index contributed by atoms with van der Waals surface area (Å²) in [6, 6.07) is 9.94. The molecule has 1 N–H and O–H groups in total. The minimum Gasteiger partial charge on any atom is -0.368 e. The summed E-state index contributed by atoms with van der Waals surface area (Å²) in [7, 11) is 1.54. The molecule has 1 aromatic carbocycles. The molecule has 2 aliphatic heterocycles. The third-order valence-electron chi connectivity index (χ3n) is 6.17. The summed E-state index contributed by atoms with van der Waals surface area (Å²) in [5.74, 6) is -0.361. The first-order valence-electron chi connectivity index (χ1n) is 11.0. The summed E-state index contributed by atoms with van der Waals surface area (Å²) < 4.78 is 7.29. The number of benzene rings is 1. The monoisotopic (exact) mass is 423 g/mol. The molecule has 0 saturated carbocycles. The highest BCUT2D eigenvalue weighted by Crippen LogP contribution is 2.24. The fourth-order valence-corrected chi connectivity index (χ4v) is 4.46. The number of aryl methyl sites for hydroxylation is 2. The van der Waals surface area contributed by atoms with E-state index in [0.717, 1.165) is 36.0 Å². The molecular weight excluding hydrogens is 394 g/mol. The van der Waals surface area contributed by atoms with Gasteiger partial charge in [-0.05, 0) is 48.8 Å². The van der Waals surface area contributed by atoms with Crippen LogP contribution in [0.15, 0.2) is 41.3 Å². The van der Waals surface area contributed by atoms with Gasteiger partial charge in [0.1, 0.15) is 11.7 Å². The van der Waals surface area contributed by atoms with Gasteiger partial charge >= 0.3 is 0 Å². The van der Waals surface area contributed by atoms with Gasteiger partial charge in [-0.1, -0.05) is 30.3 Å². The molecule has 2 aliphatic rings. The van der Waals surface area contributed by atoms with Gasteiger partial charge in [0.25, 0.3) is 17.4 Å². The molecule has 164 valence electrons. The highest BCUT2D eigenvalue weighted by Gasteiger charge is 2.32. The van der Waals surface area contributed by atoms with Crippen molar-refractivity contribution in [3.8, 4) is 0 Å². The summed E-state index contributed by atoms with van der Waals surface area (Å²) in [4.78, 5) is 40.5. The molecule has 1 aromatic heterocycles. The molecule has 7 heteroatoms. The lowest BCUT2D eigenvalue weighted by Crippen LogP contribution is -2.46. The van der Waals surface area contributed by atoms with Crippen molar-refractivity contribution < 1.29 is 14.3 Å². The summed E-state index contributed by atoms with van der Waals surface area (Å²) in [5, 5.41) is 2.61. The Balaban J connectivity index is 1.62. The highest BCUT2D eigenvalue weighted by atomic mass is 16.5. The number of hydrogen-bond acceptors (Lipinski definition) is 4. The van der Waals surface area contributed by atoms with E-state index in [1.807, 2.05) is 36.5 Å². The standard InChI is InChI=1S/C24H29N3O4/c1-25-22(28)21-19-11-13-26(23(29)20-9-5-6-14-31-20)15-18(19)16-27(24(21)30)12-10-17-7-3-2-4-8-17/h2-4,7-8,16,20H,5-6,9-15H2,1H3,(H,25,28). The van der Waals surface area contributed by atoms with Crippen LogP contribution in [0, 0.1) is 0 Å². The van der Waals surface area contributed by atoms with Crippen LogP contribution in [-0.2, 0) is 35.5 Å². The third-order valence-corrected chi connectivity index (χ3v) is 6.17. The Labute approximate surface area is 182 Å². The molecule has 2 amide bonds. The molecule has 1 atom stereocenters. The fourth-order valence-electron chi connectivity index (χ4n) is 4.46. The normalized spacial score (nSPS) is 18.4. The van der Waals surface area contributed by atoms with E-state index >= 15 is 0 Å². The second-order valence-electron chi connectivity index (χ2n) is 8.19. The first-order valence-corrected chi connectivity index (χ1v) is 11.0. The molecule has 1 unspecified atom stereocenters. The Morgan fingerprint density at radius 3 is 2.71 bits per heavy atom. The largest absolute Gasteiger partial charge is 0.368 e. The van der Waals surface area contributed by atoms with Crippen LogP contribution in [-0.4, -0.2) is 47.6 Å². The molecule has 31 heavy (non-hydrogen) atoms. The van der Waals surface area contributed by atoms with E-state index < -0.39 is 0 Å². The van der Waals surface area contributed by atoms with Gasteiger partial charge in [0, 0.05) is 39.5 Å². The maximum atomic E-state index is 13.1. The van der Waals surface area contributed by atoms with Gasteiger partial charge in [-0.25, -0.2) is 0 Å². The number of nitrogens with one attached hydrogen (secondary N) is 1. The molecule has 3 heterocycles. The van der Waals surface area contributed by atoms with Gasteiger partial charge in [-0.15, -0.1) is 0 Å². The molecule has 7 nitrogen and oxygen atoms in total. The number of pyridine rings is 1. The van der Waals surface area contributed by atoms with E-state index in [9.17, 15) is 14.4 Å². The fraction of sp³-hybridized carbons (Fsp3) is 0.458. The van der Waals surface area contributed by atoms with Gasteiger partial charge in [0.05, 0.1) is 0 Å². The summed E-state index contributed by atoms with van der Waals surface area (Å²) >= 11 is 0. The number of nitrogens with zero attached hydrogens (tertiary/aromatic N) is 2. The quantitative estimate of drug-likeness (QED) is 0.797. The van der Waals surface area contributed by atoms with Crippen LogP contribution in [0.3, 0.4) is 0 Å². The van der Waals surface area contributed by atoms with Crippen molar-refractivity contribution in [1.82, 2.24) is 14.8 Å². The lowest BCUT2D eigenvalue weighted by atomic mass is 9.95. The van der Waals surface area contributed by atoms with Crippen LogP contribution in [0.4, 0.5) is 0 Å². The Bertz CT molecular complexity index is 1010. The SMILES string of the molecule is CNC(=O)c1c2c(cn(CCc3ccccc3)c1=O)CN(C(=O)C1CCCCO1)CC2. The first kappa shape index (κ1) is 21.3. The number of ether oxygens (including phenoxy) is 1. The Morgan fingerprint density at radius 2 is 2.00 bits per heavy atom. The average Bonchev–Trinajstić information content (AvgIpc) is 2.82. The van der Waals surface area contributed by atoms with Crippen LogP contribution in [0.1, 0.15) is 46.3 Å². The molecule has 4 rings (SSSR count). The average molecular weight is 424 g/mol. The molecule has 2 aromatic rings. The molecule has 0 aliphatic carbocycles. The maximum absolute atomic E-state index is 13.1. The molecule has 0 bridgehead atoms. The number of amides is 2. The van der Waals surface area contributed by atoms with Gasteiger partial charge < -0.3 is 19.5 Å². The van der Waals surface area contributed by atoms with E-state index in [-0.39, 0.29) is 29.0 Å². The van der Waals surface area contributed by atoms with E-state index in [4.69, 9.17) is 4.74 Å². The zero-order valence-corrected chi connectivity index (χ0v) is 17.9. The van der Waals surface area contributed by atoms with Crippen molar-refractivity contribution >= 4 is 11.8 Å². The minimum atomic E-state index is -0.377. The van der Waals surface area contributed by atoms with E-state index in [2.05, 4.69) is 5.32 Å². The predicted molar refractivity (Wildman–Crippen MR) is 117 cm³/mol. The van der Waals surface area contributed by atoms with Crippen molar-refractivity contribution in [2.75, 3.05) is 20.2 Å². The maximum Gasteiger partial charge on any atom is 0.263 e. The van der Waals surface area contributed by atoms with E-state index in [0.29, 0.717) is 39.1 Å². The lowest BCUT2D eigenvalue weighted by molar-refractivity contribution is -0.147. The molecule has 1 fully saturated rings. The number of rotatable bonds is 5. The van der Waals surface area contributed by atoms with E-state index in [1.54, 1.807) is 9.47 Å². The summed E-state index contributed by atoms with van der Waals surface area (Å²) in [5.41, 5.74) is 2.67. The van der Waals surface area contributed by atoms with Crippen molar-refractivity contribution in [2.45, 2.75) is 51.3 Å². The zero-order valence-electron chi connectivity index (χ0n) is 17.9. The van der Waals surface area contributed by atoms with E-state index in [1.165, 1.54) is 7.05 Å². The first-order chi connectivity index (χ1) is 15.1. The summed E-state index contributed by atoms with van der Waals surface area (Å²) in [6.45, 7) is 1.98. The number of fused-ring (bicyclic) bond motifs is 1. The topological polar surface area (TPSA) is 80.6 Å². The Hall–Kier alpha value is -2.93. The van der Waals surface area contributed by atoms with Crippen LogP contribution >= 0.6 is 0 Å². The van der Waals surface area contributed by atoms with Gasteiger partial charge in [0.2, 0.25) is 0 Å². The van der Waals surface area contributed by atoms with Gasteiger partial charge in [-0.2, -0.15) is 0 Å². The smallest absolute Gasteiger partial charge is 0.263 e. The van der Waals surface area contributed by atoms with Crippen LogP contribution in [0.2, 0.25) is 0 Å². The molecule has 0 spiro atoms. The van der Waals surface area contributed by atoms with Crippen molar-refractivity contribution in [3.05, 3.63) is 69.1 Å². The third kappa shape index (κ3) is 4.56. The molecular formula is C24H29N3O4. The Morgan fingerprint density at radius 1 is 1.19 bits per heavy atom. The van der Waals surface area contributed by atoms with Crippen molar-refractivity contribution in [3.63, 3.8) is 0 Å². The zero-order chi connectivity index (χ0) is 21.8. The number of carbonyl (C=O) groups excluding carboxylic acids is 2. The minimum absolute atomic E-state index is 0.00822. The molecule has 0 radical (unpaired) electrons. The van der Waals surface area contributed by atoms with Crippen LogP contribution in [0.5, 0.6) is 0 Å². The number of hydrogen-bond donors (Lipinski definition) is 1. The second kappa shape index (κ2) is 9.47. The number of carbonyl (C=O) groups is 2. The van der Waals surface area contributed by atoms with Crippen molar-refractivity contribution in [2.24, 2.45) is 0 Å². The van der Waals surface area contributed by atoms with Crippen LogP contribution in [0.25, 0.3) is 0 Å². The predicted octanol–water partition coefficient (Wildman–Crippen LogP) is 1.90. The van der Waals surface area contributed by atoms with Gasteiger partial charge in [0.15, 0.2) is 0 Å². The van der Waals surface area contributed by atoms with Crippen LogP contribution < -0.4 is 10.9 Å². The lowest BCUT2D eigenvalue weighted by Gasteiger charge is -2.34. The van der Waals surface area contributed by atoms with Crippen molar-refractivity contribution in [1.29, 1.82) is 0 Å². The highest BCUT2D eigenvalue weighted by molar-refractivity contribution is 5.95. The van der Waals surface area contributed by atoms with Gasteiger partial charge in [-0.3, -0.25) is 14.4 Å². The Kier molecular flexibility index (Phi) is 6.51. The molecule has 1 saturated heterocycles. The summed E-state index contributed by atoms with van der Waals surface area (Å²) in [6.07, 6.45) is 5.38.